The Bertz CT molecular complexity index is 1050. The zero-order chi connectivity index (χ0) is 25.0. The minimum atomic E-state index is -3.42. The average Bonchev–Trinajstić information content (AvgIpc) is 2.85. The maximum absolute atomic E-state index is 14.9. The van der Waals surface area contributed by atoms with Gasteiger partial charge >= 0.3 is 6.11 Å². The summed E-state index contributed by atoms with van der Waals surface area (Å²) in [6, 6.07) is 6.30. The van der Waals surface area contributed by atoms with Crippen LogP contribution in [0.3, 0.4) is 0 Å². The molecular weight excluding hydrogens is 459 g/mol. The van der Waals surface area contributed by atoms with Crippen molar-refractivity contribution in [3.63, 3.8) is 0 Å². The molecule has 2 aliphatic carbocycles. The molecule has 0 radical (unpaired) electrons. The van der Waals surface area contributed by atoms with Crippen LogP contribution >= 0.6 is 0 Å². The number of rotatable bonds is 7. The number of hydrogen-bond donors (Lipinski definition) is 0. The largest absolute Gasteiger partial charge is 0.432 e. The summed E-state index contributed by atoms with van der Waals surface area (Å²) in [5.41, 5.74) is 0.0877. The Morgan fingerprint density at radius 1 is 0.714 bits per heavy atom. The monoisotopic (exact) mass is 490 g/mol. The molecule has 6 heteroatoms. The molecule has 0 atom stereocenters. The zero-order valence-corrected chi connectivity index (χ0v) is 19.7. The molecule has 188 valence electrons. The molecule has 0 bridgehead atoms. The van der Waals surface area contributed by atoms with Crippen molar-refractivity contribution >= 4 is 0 Å². The van der Waals surface area contributed by atoms with Crippen molar-refractivity contribution in [1.82, 2.24) is 0 Å². The molecular formula is C29H31F5O. The number of hydrogen-bond acceptors (Lipinski definition) is 1. The Morgan fingerprint density at radius 2 is 1.31 bits per heavy atom. The fourth-order valence-corrected chi connectivity index (χ4v) is 5.23. The Kier molecular flexibility index (Phi) is 7.98. The first kappa shape index (κ1) is 25.5. The smallest absolute Gasteiger partial charge is 0.400 e. The Hall–Kier alpha value is -2.63. The second-order valence-corrected chi connectivity index (χ2v) is 9.84. The lowest BCUT2D eigenvalue weighted by Gasteiger charge is -2.32. The number of alkyl halides is 2. The van der Waals surface area contributed by atoms with Gasteiger partial charge in [-0.1, -0.05) is 24.3 Å². The van der Waals surface area contributed by atoms with Crippen LogP contribution in [-0.2, 0) is 0 Å². The Morgan fingerprint density at radius 3 is 1.89 bits per heavy atom. The van der Waals surface area contributed by atoms with E-state index in [2.05, 4.69) is 18.7 Å². The molecule has 2 aliphatic rings. The second kappa shape index (κ2) is 11.0. The Labute approximate surface area is 203 Å². The molecule has 0 heterocycles. The van der Waals surface area contributed by atoms with E-state index in [0.29, 0.717) is 43.4 Å². The van der Waals surface area contributed by atoms with Gasteiger partial charge in [-0.3, -0.25) is 0 Å². The van der Waals surface area contributed by atoms with Gasteiger partial charge in [-0.25, -0.2) is 13.2 Å². The number of halogens is 5. The second-order valence-electron chi connectivity index (χ2n) is 9.84. The molecule has 0 aliphatic heterocycles. The standard InChI is InChI=1S/C29H31F5O/c1-2-19-3-5-20(6-4-19)7-8-21-9-12-23(13-10-21)29(33,34)35-24-14-15-25(27(31)18-24)22-11-16-26(30)28(32)17-22/h2,7-8,11,14-21,23H,1,3-6,9-10,12-13H2/b8-7+. The minimum Gasteiger partial charge on any atom is -0.432 e. The quantitative estimate of drug-likeness (QED) is 0.278. The Balaban J connectivity index is 1.31. The van der Waals surface area contributed by atoms with Gasteiger partial charge in [0.2, 0.25) is 0 Å². The van der Waals surface area contributed by atoms with E-state index in [9.17, 15) is 22.0 Å². The molecule has 2 fully saturated rings. The zero-order valence-electron chi connectivity index (χ0n) is 19.7. The van der Waals surface area contributed by atoms with Crippen molar-refractivity contribution < 1.29 is 26.7 Å². The fraction of sp³-hybridized carbons (Fsp3) is 0.448. The van der Waals surface area contributed by atoms with Crippen LogP contribution in [0, 0.1) is 41.1 Å². The van der Waals surface area contributed by atoms with E-state index in [-0.39, 0.29) is 16.9 Å². The van der Waals surface area contributed by atoms with E-state index < -0.39 is 29.5 Å². The first-order valence-corrected chi connectivity index (χ1v) is 12.4. The molecule has 0 amide bonds. The van der Waals surface area contributed by atoms with E-state index in [1.54, 1.807) is 0 Å². The van der Waals surface area contributed by atoms with Gasteiger partial charge in [0, 0.05) is 11.6 Å². The average molecular weight is 491 g/mol. The van der Waals surface area contributed by atoms with Crippen LogP contribution in [-0.4, -0.2) is 6.11 Å². The normalized spacial score (nSPS) is 25.5. The molecule has 0 N–H and O–H groups in total. The van der Waals surface area contributed by atoms with Crippen LogP contribution in [0.25, 0.3) is 11.1 Å². The maximum Gasteiger partial charge on any atom is 0.400 e. The third kappa shape index (κ3) is 6.33. The molecule has 2 saturated carbocycles. The molecule has 0 unspecified atom stereocenters. The highest BCUT2D eigenvalue weighted by Crippen LogP contribution is 2.41. The summed E-state index contributed by atoms with van der Waals surface area (Å²) in [5.74, 6) is -2.76. The molecule has 2 aromatic rings. The van der Waals surface area contributed by atoms with Crippen LogP contribution in [0.2, 0.25) is 0 Å². The minimum absolute atomic E-state index is 0.0233. The summed E-state index contributed by atoms with van der Waals surface area (Å²) >= 11 is 0. The first-order valence-electron chi connectivity index (χ1n) is 12.4. The lowest BCUT2D eigenvalue weighted by molar-refractivity contribution is -0.223. The summed E-state index contributed by atoms with van der Waals surface area (Å²) in [6.07, 6.45) is 9.75. The highest BCUT2D eigenvalue weighted by molar-refractivity contribution is 5.65. The van der Waals surface area contributed by atoms with E-state index >= 15 is 0 Å². The molecule has 4 rings (SSSR count). The highest BCUT2D eigenvalue weighted by Gasteiger charge is 2.43. The van der Waals surface area contributed by atoms with Gasteiger partial charge in [0.25, 0.3) is 0 Å². The molecule has 35 heavy (non-hydrogen) atoms. The van der Waals surface area contributed by atoms with Crippen molar-refractivity contribution in [3.05, 3.63) is 78.7 Å². The molecule has 2 aromatic carbocycles. The van der Waals surface area contributed by atoms with Gasteiger partial charge in [-0.15, -0.1) is 6.58 Å². The van der Waals surface area contributed by atoms with Crippen LogP contribution < -0.4 is 4.74 Å². The van der Waals surface area contributed by atoms with Crippen molar-refractivity contribution in [1.29, 1.82) is 0 Å². The van der Waals surface area contributed by atoms with E-state index in [4.69, 9.17) is 4.74 Å². The molecule has 1 nitrogen and oxygen atoms in total. The number of ether oxygens (including phenoxy) is 1. The van der Waals surface area contributed by atoms with Gasteiger partial charge in [0.1, 0.15) is 11.6 Å². The van der Waals surface area contributed by atoms with Crippen molar-refractivity contribution in [2.24, 2.45) is 23.7 Å². The fourth-order valence-electron chi connectivity index (χ4n) is 5.23. The number of allylic oxidation sites excluding steroid dienone is 3. The predicted molar refractivity (Wildman–Crippen MR) is 128 cm³/mol. The van der Waals surface area contributed by atoms with Gasteiger partial charge in [0.05, 0.1) is 5.92 Å². The molecule has 0 saturated heterocycles. The van der Waals surface area contributed by atoms with Crippen LogP contribution in [0.1, 0.15) is 51.4 Å². The van der Waals surface area contributed by atoms with Crippen molar-refractivity contribution in [3.8, 4) is 16.9 Å². The van der Waals surface area contributed by atoms with Crippen LogP contribution in [0.15, 0.2) is 61.2 Å². The first-order chi connectivity index (χ1) is 16.7. The summed E-state index contributed by atoms with van der Waals surface area (Å²) in [4.78, 5) is 0. The van der Waals surface area contributed by atoms with Gasteiger partial charge < -0.3 is 4.74 Å². The van der Waals surface area contributed by atoms with Gasteiger partial charge in [0.15, 0.2) is 11.6 Å². The summed E-state index contributed by atoms with van der Waals surface area (Å²) in [7, 11) is 0. The van der Waals surface area contributed by atoms with E-state index in [1.165, 1.54) is 18.2 Å². The van der Waals surface area contributed by atoms with E-state index in [0.717, 1.165) is 43.9 Å². The maximum atomic E-state index is 14.9. The lowest BCUT2D eigenvalue weighted by atomic mass is 9.79. The van der Waals surface area contributed by atoms with Crippen LogP contribution in [0.5, 0.6) is 5.75 Å². The van der Waals surface area contributed by atoms with Gasteiger partial charge in [-0.05, 0) is 98.9 Å². The highest BCUT2D eigenvalue weighted by atomic mass is 19.3. The predicted octanol–water partition coefficient (Wildman–Crippen LogP) is 9.10. The third-order valence-corrected chi connectivity index (χ3v) is 7.48. The molecule has 0 aromatic heterocycles. The summed E-state index contributed by atoms with van der Waals surface area (Å²) < 4.78 is 75.8. The summed E-state index contributed by atoms with van der Waals surface area (Å²) in [6.45, 7) is 3.88. The van der Waals surface area contributed by atoms with Gasteiger partial charge in [-0.2, -0.15) is 8.78 Å². The van der Waals surface area contributed by atoms with Crippen molar-refractivity contribution in [2.45, 2.75) is 57.5 Å². The summed E-state index contributed by atoms with van der Waals surface area (Å²) in [5, 5.41) is 0. The number of benzene rings is 2. The third-order valence-electron chi connectivity index (χ3n) is 7.48. The lowest BCUT2D eigenvalue weighted by Crippen LogP contribution is -2.37. The SMILES string of the molecule is C=CC1CCC(/C=C/C2CCC(C(F)(F)Oc3ccc(-c4ccc(F)c(F)c4)c(F)c3)CC2)CC1. The molecule has 0 spiro atoms. The van der Waals surface area contributed by atoms with Crippen molar-refractivity contribution in [2.75, 3.05) is 0 Å². The van der Waals surface area contributed by atoms with E-state index in [1.807, 2.05) is 6.08 Å². The topological polar surface area (TPSA) is 9.23 Å². The van der Waals surface area contributed by atoms with Crippen LogP contribution in [0.4, 0.5) is 22.0 Å².